The quantitative estimate of drug-likeness (QED) is 0.569. The Morgan fingerprint density at radius 3 is 2.50 bits per heavy atom. The van der Waals surface area contributed by atoms with E-state index in [1.807, 2.05) is 0 Å². The molecule has 168 valence electrons. The number of alkyl halides is 2. The van der Waals surface area contributed by atoms with E-state index < -0.39 is 47.1 Å². The minimum absolute atomic E-state index is 0.0127. The van der Waals surface area contributed by atoms with Crippen molar-refractivity contribution in [2.75, 3.05) is 19.0 Å². The summed E-state index contributed by atoms with van der Waals surface area (Å²) < 4.78 is 72.5. The van der Waals surface area contributed by atoms with Crippen LogP contribution in [0.3, 0.4) is 0 Å². The number of carbonyl (C=O) groups excluding carboxylic acids is 1. The first-order valence-electron chi connectivity index (χ1n) is 9.40. The molecule has 0 radical (unpaired) electrons. The molecule has 1 aromatic heterocycles. The average Bonchev–Trinajstić information content (AvgIpc) is 2.75. The molecule has 11 heteroatoms. The Labute approximate surface area is 177 Å². The largest absolute Gasteiger partial charge is 0.373 e. The second-order valence-electron chi connectivity index (χ2n) is 7.27. The number of fused-ring (bicyclic) bond motifs is 3. The van der Waals surface area contributed by atoms with Crippen LogP contribution < -0.4 is 10.9 Å². The Kier molecular flexibility index (Phi) is 5.59. The van der Waals surface area contributed by atoms with Crippen molar-refractivity contribution in [1.29, 1.82) is 0 Å². The van der Waals surface area contributed by atoms with Gasteiger partial charge in [-0.3, -0.25) is 4.79 Å². The number of aromatic nitrogens is 1. The third-order valence-electron chi connectivity index (χ3n) is 5.31. The number of benzene rings is 2. The van der Waals surface area contributed by atoms with Crippen LogP contribution in [0.1, 0.15) is 29.3 Å². The molecule has 0 saturated heterocycles. The van der Waals surface area contributed by atoms with Crippen molar-refractivity contribution in [1.82, 2.24) is 9.88 Å². The zero-order valence-electron chi connectivity index (χ0n) is 16.5. The molecule has 2 aromatic carbocycles. The third kappa shape index (κ3) is 3.79. The number of anilines is 1. The molecule has 3 aromatic rings. The van der Waals surface area contributed by atoms with E-state index in [4.69, 9.17) is 4.74 Å². The lowest BCUT2D eigenvalue weighted by atomic mass is 9.95. The first-order chi connectivity index (χ1) is 15.2. The van der Waals surface area contributed by atoms with Gasteiger partial charge in [0.1, 0.15) is 5.82 Å². The van der Waals surface area contributed by atoms with Crippen LogP contribution in [0.5, 0.6) is 0 Å². The van der Waals surface area contributed by atoms with Crippen molar-refractivity contribution >= 4 is 22.5 Å². The monoisotopic (exact) mass is 453 g/mol. The molecule has 0 aliphatic carbocycles. The SMILES string of the molecule is CN(C(=O)Nc1ccc(F)c(C(F)F)c1)[C@H]1COCc2[nH]c(=O)c3cc(F)c(F)cc3c21. The number of likely N-dealkylation sites (N-methyl/N-ethyl adjacent to an activating group) is 1. The number of nitrogens with one attached hydrogen (secondary N) is 2. The summed E-state index contributed by atoms with van der Waals surface area (Å²) >= 11 is 0. The van der Waals surface area contributed by atoms with Gasteiger partial charge in [-0.2, -0.15) is 0 Å². The number of H-pyrrole nitrogens is 1. The molecule has 0 unspecified atom stereocenters. The Hall–Kier alpha value is -3.47. The van der Waals surface area contributed by atoms with E-state index in [2.05, 4.69) is 10.3 Å². The van der Waals surface area contributed by atoms with Gasteiger partial charge in [0.15, 0.2) is 11.6 Å². The van der Waals surface area contributed by atoms with Gasteiger partial charge in [-0.25, -0.2) is 26.7 Å². The van der Waals surface area contributed by atoms with Crippen LogP contribution in [0, 0.1) is 17.5 Å². The summed E-state index contributed by atoms with van der Waals surface area (Å²) in [5, 5.41) is 2.43. The first kappa shape index (κ1) is 21.8. The molecule has 2 N–H and O–H groups in total. The van der Waals surface area contributed by atoms with Crippen molar-refractivity contribution in [3.8, 4) is 0 Å². The summed E-state index contributed by atoms with van der Waals surface area (Å²) in [6, 6.07) is 2.86. The lowest BCUT2D eigenvalue weighted by Crippen LogP contribution is -2.39. The number of amides is 2. The molecule has 6 nitrogen and oxygen atoms in total. The topological polar surface area (TPSA) is 74.4 Å². The number of carbonyl (C=O) groups is 1. The molecule has 32 heavy (non-hydrogen) atoms. The average molecular weight is 453 g/mol. The Bertz CT molecular complexity index is 1280. The fourth-order valence-electron chi connectivity index (χ4n) is 3.69. The molecule has 4 rings (SSSR count). The molecule has 0 saturated carbocycles. The fraction of sp³-hybridized carbons (Fsp3) is 0.238. The summed E-state index contributed by atoms with van der Waals surface area (Å²) in [6.07, 6.45) is -3.07. The number of rotatable bonds is 3. The number of ether oxygens (including phenoxy) is 1. The maximum atomic E-state index is 14.0. The predicted molar refractivity (Wildman–Crippen MR) is 105 cm³/mol. The maximum Gasteiger partial charge on any atom is 0.322 e. The molecule has 0 spiro atoms. The third-order valence-corrected chi connectivity index (χ3v) is 5.31. The smallest absolute Gasteiger partial charge is 0.322 e. The second kappa shape index (κ2) is 8.23. The van der Waals surface area contributed by atoms with Crippen LogP contribution in [0.4, 0.5) is 32.4 Å². The number of nitrogens with zero attached hydrogens (tertiary/aromatic N) is 1. The lowest BCUT2D eigenvalue weighted by molar-refractivity contribution is 0.0527. The minimum atomic E-state index is -3.07. The molecular weight excluding hydrogens is 437 g/mol. The van der Waals surface area contributed by atoms with Gasteiger partial charge in [-0.05, 0) is 35.7 Å². The van der Waals surface area contributed by atoms with E-state index in [0.717, 1.165) is 30.3 Å². The van der Waals surface area contributed by atoms with Crippen LogP contribution in [-0.2, 0) is 11.3 Å². The first-order valence-corrected chi connectivity index (χ1v) is 9.40. The Balaban J connectivity index is 1.71. The van der Waals surface area contributed by atoms with Crippen LogP contribution in [0.15, 0.2) is 35.1 Å². The van der Waals surface area contributed by atoms with E-state index in [1.54, 1.807) is 0 Å². The minimum Gasteiger partial charge on any atom is -0.373 e. The number of halogens is 5. The molecule has 2 heterocycles. The van der Waals surface area contributed by atoms with Crippen LogP contribution >= 0.6 is 0 Å². The maximum absolute atomic E-state index is 14.0. The second-order valence-corrected chi connectivity index (χ2v) is 7.27. The zero-order chi connectivity index (χ0) is 23.2. The summed E-state index contributed by atoms with van der Waals surface area (Å²) in [7, 11) is 1.38. The Morgan fingerprint density at radius 1 is 1.12 bits per heavy atom. The molecule has 1 aliphatic heterocycles. The highest BCUT2D eigenvalue weighted by atomic mass is 19.3. The molecule has 0 bridgehead atoms. The van der Waals surface area contributed by atoms with E-state index in [-0.39, 0.29) is 29.7 Å². The van der Waals surface area contributed by atoms with Gasteiger partial charge in [0.05, 0.1) is 30.2 Å². The van der Waals surface area contributed by atoms with Gasteiger partial charge in [0, 0.05) is 24.0 Å². The highest BCUT2D eigenvalue weighted by Crippen LogP contribution is 2.34. The Morgan fingerprint density at radius 2 is 1.81 bits per heavy atom. The van der Waals surface area contributed by atoms with Gasteiger partial charge < -0.3 is 19.9 Å². The summed E-state index contributed by atoms with van der Waals surface area (Å²) in [6.45, 7) is -0.0378. The number of urea groups is 1. The van der Waals surface area contributed by atoms with Crippen LogP contribution in [0.2, 0.25) is 0 Å². The number of hydrogen-bond acceptors (Lipinski definition) is 3. The van der Waals surface area contributed by atoms with E-state index in [1.165, 1.54) is 11.9 Å². The van der Waals surface area contributed by atoms with Gasteiger partial charge in [0.25, 0.3) is 12.0 Å². The summed E-state index contributed by atoms with van der Waals surface area (Å²) in [4.78, 5) is 28.8. The van der Waals surface area contributed by atoms with Crippen molar-refractivity contribution < 1.29 is 31.5 Å². The number of pyridine rings is 1. The van der Waals surface area contributed by atoms with Crippen molar-refractivity contribution in [3.63, 3.8) is 0 Å². The van der Waals surface area contributed by atoms with Crippen molar-refractivity contribution in [2.24, 2.45) is 0 Å². The van der Waals surface area contributed by atoms with Gasteiger partial charge in [-0.15, -0.1) is 0 Å². The molecule has 2 amide bonds. The van der Waals surface area contributed by atoms with Gasteiger partial charge in [0.2, 0.25) is 0 Å². The van der Waals surface area contributed by atoms with Gasteiger partial charge >= 0.3 is 6.03 Å². The van der Waals surface area contributed by atoms with Crippen molar-refractivity contribution in [3.05, 3.63) is 75.0 Å². The van der Waals surface area contributed by atoms with E-state index >= 15 is 0 Å². The van der Waals surface area contributed by atoms with Crippen LogP contribution in [-0.4, -0.2) is 29.6 Å². The summed E-state index contributed by atoms with van der Waals surface area (Å²) in [5.41, 5.74) is -0.895. The van der Waals surface area contributed by atoms with Crippen LogP contribution in [0.25, 0.3) is 10.8 Å². The zero-order valence-corrected chi connectivity index (χ0v) is 16.5. The molecule has 0 fully saturated rings. The molecule has 1 aliphatic rings. The molecular formula is C21H16F5N3O3. The molecule has 1 atom stereocenters. The van der Waals surface area contributed by atoms with E-state index in [9.17, 15) is 31.5 Å². The normalized spacial score (nSPS) is 15.7. The highest BCUT2D eigenvalue weighted by Gasteiger charge is 2.31. The van der Waals surface area contributed by atoms with Crippen molar-refractivity contribution in [2.45, 2.75) is 19.1 Å². The lowest BCUT2D eigenvalue weighted by Gasteiger charge is -2.33. The predicted octanol–water partition coefficient (Wildman–Crippen LogP) is 4.62. The summed E-state index contributed by atoms with van der Waals surface area (Å²) in [5.74, 6) is -3.46. The van der Waals surface area contributed by atoms with E-state index in [0.29, 0.717) is 11.3 Å². The highest BCUT2D eigenvalue weighted by molar-refractivity contribution is 5.91. The van der Waals surface area contributed by atoms with Gasteiger partial charge in [-0.1, -0.05) is 0 Å². The number of aromatic amines is 1. The number of hydrogen-bond donors (Lipinski definition) is 2. The standard InChI is InChI=1S/C21H16F5N3O3/c1-29(21(31)27-9-2-3-13(22)12(4-9)19(25)26)17-8-32-7-16-18(17)10-5-14(23)15(24)6-11(10)20(30)28-16/h2-6,17,19H,7-8H2,1H3,(H,27,31)(H,28,30)/t17-/m0/s1. The fourth-order valence-corrected chi connectivity index (χ4v) is 3.69.